The van der Waals surface area contributed by atoms with E-state index in [-0.39, 0.29) is 35.6 Å². The molecule has 2 atom stereocenters. The van der Waals surface area contributed by atoms with Gasteiger partial charge in [0.15, 0.2) is 0 Å². The Morgan fingerprint density at radius 3 is 2.14 bits per heavy atom. The molecule has 226 valence electrons. The smallest absolute Gasteiger partial charge is 0.244 e. The largest absolute Gasteiger partial charge is 0.495 e. The number of anilines is 1. The van der Waals surface area contributed by atoms with Crippen molar-refractivity contribution in [2.75, 3.05) is 24.2 Å². The summed E-state index contributed by atoms with van der Waals surface area (Å²) >= 11 is 19.3. The SMILES string of the molecule is CC[C@@H](C)NC(=O)[C@H](Cc1ccccc1)N(Cc1c(Cl)cccc1Cl)C(=O)CN(c1ccc(OC)c(Cl)c1)S(C)(=O)=O. The van der Waals surface area contributed by atoms with Gasteiger partial charge in [0.1, 0.15) is 18.3 Å². The van der Waals surface area contributed by atoms with E-state index in [2.05, 4.69) is 5.32 Å². The average Bonchev–Trinajstić information content (AvgIpc) is 2.94. The number of methoxy groups -OCH3 is 1. The minimum absolute atomic E-state index is 0.135. The van der Waals surface area contributed by atoms with E-state index in [1.807, 2.05) is 44.2 Å². The van der Waals surface area contributed by atoms with Gasteiger partial charge in [-0.2, -0.15) is 0 Å². The molecule has 12 heteroatoms. The third kappa shape index (κ3) is 8.77. The Bertz CT molecular complexity index is 1490. The standard InChI is InChI=1S/C30H34Cl3N3O5S/c1-5-20(2)34-30(38)27(16-21-10-7-6-8-11-21)35(18-23-24(31)12-9-13-25(23)32)29(37)19-36(42(4,39)40)22-14-15-28(41-3)26(33)17-22/h6-15,17,20,27H,5,16,18-19H2,1-4H3,(H,34,38)/t20-,27+/m1/s1. The van der Waals surface area contributed by atoms with Gasteiger partial charge in [-0.3, -0.25) is 13.9 Å². The number of rotatable bonds is 13. The zero-order chi connectivity index (χ0) is 31.0. The Kier molecular flexibility index (Phi) is 11.9. The molecule has 1 N–H and O–H groups in total. The molecule has 0 aliphatic heterocycles. The summed E-state index contributed by atoms with van der Waals surface area (Å²) in [4.78, 5) is 29.3. The third-order valence-corrected chi connectivity index (χ3v) is 8.91. The number of halogens is 3. The molecule has 3 rings (SSSR count). The van der Waals surface area contributed by atoms with Crippen LogP contribution < -0.4 is 14.4 Å². The first-order chi connectivity index (χ1) is 19.8. The highest BCUT2D eigenvalue weighted by molar-refractivity contribution is 7.92. The van der Waals surface area contributed by atoms with Crippen LogP contribution in [0.2, 0.25) is 15.1 Å². The van der Waals surface area contributed by atoms with Crippen molar-refractivity contribution in [3.63, 3.8) is 0 Å². The Balaban J connectivity index is 2.12. The summed E-state index contributed by atoms with van der Waals surface area (Å²) < 4.78 is 32.0. The second-order valence-electron chi connectivity index (χ2n) is 9.83. The van der Waals surface area contributed by atoms with Crippen LogP contribution in [0.15, 0.2) is 66.7 Å². The van der Waals surface area contributed by atoms with Crippen LogP contribution in [0, 0.1) is 0 Å². The van der Waals surface area contributed by atoms with Gasteiger partial charge in [-0.05, 0) is 49.2 Å². The normalized spacial score (nSPS) is 12.7. The third-order valence-electron chi connectivity index (χ3n) is 6.76. The first-order valence-electron chi connectivity index (χ1n) is 13.2. The van der Waals surface area contributed by atoms with Crippen LogP contribution in [0.4, 0.5) is 5.69 Å². The van der Waals surface area contributed by atoms with Crippen LogP contribution in [0.25, 0.3) is 0 Å². The van der Waals surface area contributed by atoms with Crippen molar-refractivity contribution in [2.24, 2.45) is 0 Å². The fourth-order valence-corrected chi connectivity index (χ4v) is 5.88. The summed E-state index contributed by atoms with van der Waals surface area (Å²) in [5.41, 5.74) is 1.41. The quantitative estimate of drug-likeness (QED) is 0.245. The predicted octanol–water partition coefficient (Wildman–Crippen LogP) is 5.98. The van der Waals surface area contributed by atoms with E-state index in [1.54, 1.807) is 18.2 Å². The lowest BCUT2D eigenvalue weighted by Gasteiger charge is -2.34. The Morgan fingerprint density at radius 2 is 1.60 bits per heavy atom. The van der Waals surface area contributed by atoms with Crippen LogP contribution >= 0.6 is 34.8 Å². The highest BCUT2D eigenvalue weighted by Gasteiger charge is 2.34. The maximum atomic E-state index is 14.2. The van der Waals surface area contributed by atoms with Crippen molar-refractivity contribution in [1.29, 1.82) is 0 Å². The van der Waals surface area contributed by atoms with Crippen LogP contribution in [0.5, 0.6) is 5.75 Å². The molecular weight excluding hydrogens is 621 g/mol. The highest BCUT2D eigenvalue weighted by atomic mass is 35.5. The van der Waals surface area contributed by atoms with Crippen molar-refractivity contribution < 1.29 is 22.7 Å². The zero-order valence-electron chi connectivity index (χ0n) is 23.8. The van der Waals surface area contributed by atoms with E-state index in [0.29, 0.717) is 27.8 Å². The van der Waals surface area contributed by atoms with Gasteiger partial charge in [0, 0.05) is 34.6 Å². The second-order valence-corrected chi connectivity index (χ2v) is 13.0. The van der Waals surface area contributed by atoms with Gasteiger partial charge >= 0.3 is 0 Å². The highest BCUT2D eigenvalue weighted by Crippen LogP contribution is 2.31. The predicted molar refractivity (Wildman–Crippen MR) is 169 cm³/mol. The van der Waals surface area contributed by atoms with Crippen molar-refractivity contribution >= 4 is 62.3 Å². The number of sulfonamides is 1. The Morgan fingerprint density at radius 1 is 0.952 bits per heavy atom. The number of hydrogen-bond donors (Lipinski definition) is 1. The molecule has 0 aliphatic carbocycles. The van der Waals surface area contributed by atoms with Crippen molar-refractivity contribution in [3.05, 3.63) is 92.9 Å². The second kappa shape index (κ2) is 15.0. The van der Waals surface area contributed by atoms with Gasteiger partial charge in [-0.1, -0.05) is 78.1 Å². The molecular formula is C30H34Cl3N3O5S. The topological polar surface area (TPSA) is 96.0 Å². The van der Waals surface area contributed by atoms with Crippen molar-refractivity contribution in [2.45, 2.75) is 45.3 Å². The number of carbonyl (C=O) groups excluding carboxylic acids is 2. The van der Waals surface area contributed by atoms with Gasteiger partial charge in [0.05, 0.1) is 24.1 Å². The van der Waals surface area contributed by atoms with E-state index in [4.69, 9.17) is 39.5 Å². The summed E-state index contributed by atoms with van der Waals surface area (Å²) in [6, 6.07) is 17.4. The summed E-state index contributed by atoms with van der Waals surface area (Å²) in [5, 5.41) is 3.76. The molecule has 0 bridgehead atoms. The van der Waals surface area contributed by atoms with E-state index in [0.717, 1.165) is 16.1 Å². The lowest BCUT2D eigenvalue weighted by molar-refractivity contribution is -0.140. The van der Waals surface area contributed by atoms with E-state index in [9.17, 15) is 18.0 Å². The number of hydrogen-bond acceptors (Lipinski definition) is 5. The monoisotopic (exact) mass is 653 g/mol. The molecule has 0 saturated heterocycles. The van der Waals surface area contributed by atoms with E-state index < -0.39 is 28.5 Å². The van der Waals surface area contributed by atoms with Gasteiger partial charge < -0.3 is 15.0 Å². The molecule has 3 aromatic carbocycles. The summed E-state index contributed by atoms with van der Waals surface area (Å²) in [6.45, 7) is 3.07. The van der Waals surface area contributed by atoms with Gasteiger partial charge in [0.25, 0.3) is 0 Å². The number of carbonyl (C=O) groups is 2. The average molecular weight is 655 g/mol. The molecule has 3 aromatic rings. The minimum atomic E-state index is -3.97. The maximum Gasteiger partial charge on any atom is 0.244 e. The van der Waals surface area contributed by atoms with E-state index in [1.165, 1.54) is 30.2 Å². The number of nitrogens with one attached hydrogen (secondary N) is 1. The van der Waals surface area contributed by atoms with Gasteiger partial charge in [-0.25, -0.2) is 8.42 Å². The maximum absolute atomic E-state index is 14.2. The van der Waals surface area contributed by atoms with Crippen LogP contribution in [-0.2, 0) is 32.6 Å². The number of amides is 2. The molecule has 0 saturated carbocycles. The van der Waals surface area contributed by atoms with Gasteiger partial charge in [-0.15, -0.1) is 0 Å². The summed E-state index contributed by atoms with van der Waals surface area (Å²) in [7, 11) is -2.53. The van der Waals surface area contributed by atoms with Crippen LogP contribution in [0.3, 0.4) is 0 Å². The molecule has 8 nitrogen and oxygen atoms in total. The molecule has 0 heterocycles. The number of ether oxygens (including phenoxy) is 1. The van der Waals surface area contributed by atoms with Gasteiger partial charge in [0.2, 0.25) is 21.8 Å². The van der Waals surface area contributed by atoms with Crippen molar-refractivity contribution in [1.82, 2.24) is 10.2 Å². The molecule has 0 aliphatic rings. The lowest BCUT2D eigenvalue weighted by Crippen LogP contribution is -2.54. The number of benzene rings is 3. The molecule has 42 heavy (non-hydrogen) atoms. The Hall–Kier alpha value is -2.98. The molecule has 0 fully saturated rings. The molecule has 0 radical (unpaired) electrons. The van der Waals surface area contributed by atoms with Crippen LogP contribution in [-0.4, -0.2) is 57.1 Å². The first-order valence-corrected chi connectivity index (χ1v) is 16.2. The summed E-state index contributed by atoms with van der Waals surface area (Å²) in [5.74, 6) is -0.675. The lowest BCUT2D eigenvalue weighted by atomic mass is 10.0. The number of nitrogens with zero attached hydrogens (tertiary/aromatic N) is 2. The molecule has 0 spiro atoms. The fourth-order valence-electron chi connectivity index (χ4n) is 4.27. The van der Waals surface area contributed by atoms with Crippen molar-refractivity contribution in [3.8, 4) is 5.75 Å². The Labute approximate surface area is 262 Å². The molecule has 0 aromatic heterocycles. The molecule has 0 unspecified atom stereocenters. The minimum Gasteiger partial charge on any atom is -0.495 e. The fraction of sp³-hybridized carbons (Fsp3) is 0.333. The summed E-state index contributed by atoms with van der Waals surface area (Å²) in [6.07, 6.45) is 1.84. The zero-order valence-corrected chi connectivity index (χ0v) is 26.9. The first kappa shape index (κ1) is 33.5. The van der Waals surface area contributed by atoms with Crippen LogP contribution in [0.1, 0.15) is 31.4 Å². The van der Waals surface area contributed by atoms with E-state index >= 15 is 0 Å². The molecule has 2 amide bonds.